The molecule has 0 radical (unpaired) electrons. The molecule has 1 fully saturated rings. The Kier molecular flexibility index (Phi) is 5.62. The molecular weight excluding hydrogens is 386 g/mol. The molecule has 1 aromatic carbocycles. The minimum Gasteiger partial charge on any atom is -0.357 e. The molecule has 1 aliphatic rings. The van der Waals surface area contributed by atoms with E-state index in [2.05, 4.69) is 19.9 Å². The Morgan fingerprint density at radius 3 is 2.66 bits per heavy atom. The van der Waals surface area contributed by atoms with Gasteiger partial charge >= 0.3 is 0 Å². The van der Waals surface area contributed by atoms with Crippen molar-refractivity contribution in [2.45, 2.75) is 26.3 Å². The molecule has 0 atom stereocenters. The van der Waals surface area contributed by atoms with Crippen LogP contribution in [0.5, 0.6) is 0 Å². The van der Waals surface area contributed by atoms with Crippen LogP contribution in [-0.4, -0.2) is 45.9 Å². The first-order chi connectivity index (χ1) is 14.0. The summed E-state index contributed by atoms with van der Waals surface area (Å²) in [5, 5.41) is 1.68. The van der Waals surface area contributed by atoms with Crippen molar-refractivity contribution < 1.29 is 4.79 Å². The summed E-state index contributed by atoms with van der Waals surface area (Å²) >= 11 is 5.92. The van der Waals surface area contributed by atoms with Gasteiger partial charge in [0.25, 0.3) is 0 Å². The number of halogens is 1. The van der Waals surface area contributed by atoms with Crippen molar-refractivity contribution >= 4 is 34.2 Å². The molecule has 0 bridgehead atoms. The molecule has 0 N–H and O–H groups in total. The van der Waals surface area contributed by atoms with E-state index in [0.29, 0.717) is 17.4 Å². The van der Waals surface area contributed by atoms with Crippen molar-refractivity contribution in [2.75, 3.05) is 25.0 Å². The van der Waals surface area contributed by atoms with Crippen molar-refractivity contribution in [3.05, 3.63) is 59.1 Å². The number of aryl methyl sites for hydroxylation is 1. The molecule has 1 amide bonds. The summed E-state index contributed by atoms with van der Waals surface area (Å²) < 4.78 is 0. The van der Waals surface area contributed by atoms with E-state index in [4.69, 9.17) is 11.6 Å². The summed E-state index contributed by atoms with van der Waals surface area (Å²) in [5.74, 6) is 1.77. The van der Waals surface area contributed by atoms with E-state index < -0.39 is 0 Å². The highest BCUT2D eigenvalue weighted by Gasteiger charge is 2.28. The lowest BCUT2D eigenvalue weighted by molar-refractivity contribution is -0.135. The zero-order valence-electron chi connectivity index (χ0n) is 16.7. The van der Waals surface area contributed by atoms with Crippen LogP contribution in [0.1, 0.15) is 24.4 Å². The number of piperidine rings is 1. The van der Waals surface area contributed by atoms with Crippen LogP contribution in [0.4, 0.5) is 5.82 Å². The molecule has 3 heterocycles. The number of pyridine rings is 1. The van der Waals surface area contributed by atoms with Gasteiger partial charge in [-0.15, -0.1) is 0 Å². The predicted molar refractivity (Wildman–Crippen MR) is 115 cm³/mol. The maximum atomic E-state index is 13.0. The summed E-state index contributed by atoms with van der Waals surface area (Å²) in [6.07, 6.45) is 3.28. The van der Waals surface area contributed by atoms with Crippen molar-refractivity contribution in [3.8, 4) is 0 Å². The fourth-order valence-corrected chi connectivity index (χ4v) is 3.99. The van der Waals surface area contributed by atoms with Gasteiger partial charge in [0.2, 0.25) is 5.91 Å². The van der Waals surface area contributed by atoms with Crippen molar-refractivity contribution in [3.63, 3.8) is 0 Å². The second-order valence-electron chi connectivity index (χ2n) is 7.53. The maximum Gasteiger partial charge on any atom is 0.225 e. The third kappa shape index (κ3) is 4.32. The van der Waals surface area contributed by atoms with Crippen LogP contribution in [-0.2, 0) is 11.3 Å². The van der Waals surface area contributed by atoms with Crippen LogP contribution >= 0.6 is 11.6 Å². The summed E-state index contributed by atoms with van der Waals surface area (Å²) in [4.78, 5) is 30.5. The largest absolute Gasteiger partial charge is 0.357 e. The van der Waals surface area contributed by atoms with Gasteiger partial charge in [-0.3, -0.25) is 4.79 Å². The number of hydrogen-bond donors (Lipinski definition) is 0. The van der Waals surface area contributed by atoms with Gasteiger partial charge in [0.1, 0.15) is 11.6 Å². The smallest absolute Gasteiger partial charge is 0.225 e. The SMILES string of the molecule is Cc1nc(CN(C)C(=O)C2CCN(c3ccc(Cl)cn3)CC2)nc2ccccc12. The highest BCUT2D eigenvalue weighted by atomic mass is 35.5. The Bertz CT molecular complexity index is 1020. The second-order valence-corrected chi connectivity index (χ2v) is 7.97. The lowest BCUT2D eigenvalue weighted by Crippen LogP contribution is -2.41. The van der Waals surface area contributed by atoms with Crippen LogP contribution in [0.25, 0.3) is 10.9 Å². The lowest BCUT2D eigenvalue weighted by Gasteiger charge is -2.33. The molecule has 0 spiro atoms. The quantitative estimate of drug-likeness (QED) is 0.654. The fourth-order valence-electron chi connectivity index (χ4n) is 3.88. The number of fused-ring (bicyclic) bond motifs is 1. The highest BCUT2D eigenvalue weighted by Crippen LogP contribution is 2.24. The van der Waals surface area contributed by atoms with Gasteiger partial charge in [-0.2, -0.15) is 0 Å². The zero-order chi connectivity index (χ0) is 20.4. The molecular formula is C22H24ClN5O. The molecule has 3 aromatic rings. The number of benzene rings is 1. The van der Waals surface area contributed by atoms with Crippen molar-refractivity contribution in [2.24, 2.45) is 5.92 Å². The topological polar surface area (TPSA) is 62.2 Å². The minimum absolute atomic E-state index is 0.0186. The van der Waals surface area contributed by atoms with E-state index >= 15 is 0 Å². The molecule has 6 nitrogen and oxygen atoms in total. The van der Waals surface area contributed by atoms with Crippen LogP contribution in [0.15, 0.2) is 42.6 Å². The number of anilines is 1. The van der Waals surface area contributed by atoms with E-state index in [1.165, 1.54) is 0 Å². The molecule has 1 aliphatic heterocycles. The normalized spacial score (nSPS) is 14.9. The van der Waals surface area contributed by atoms with E-state index in [0.717, 1.165) is 48.3 Å². The molecule has 7 heteroatoms. The summed E-state index contributed by atoms with van der Waals surface area (Å²) in [6.45, 7) is 4.02. The minimum atomic E-state index is 0.0186. The number of amides is 1. The van der Waals surface area contributed by atoms with E-state index in [1.54, 1.807) is 11.1 Å². The van der Waals surface area contributed by atoms with Gasteiger partial charge in [0.05, 0.1) is 17.1 Å². The molecule has 0 unspecified atom stereocenters. The Morgan fingerprint density at radius 1 is 1.17 bits per heavy atom. The summed E-state index contributed by atoms with van der Waals surface area (Å²) in [6, 6.07) is 11.7. The monoisotopic (exact) mass is 409 g/mol. The number of nitrogens with zero attached hydrogens (tertiary/aromatic N) is 5. The standard InChI is InChI=1S/C22H24ClN5O/c1-15-18-5-3-4-6-19(18)26-20(25-15)14-27(2)22(29)16-9-11-28(12-10-16)21-8-7-17(23)13-24-21/h3-8,13,16H,9-12,14H2,1-2H3. The number of carbonyl (C=O) groups excluding carboxylic acids is 1. The zero-order valence-corrected chi connectivity index (χ0v) is 17.4. The number of aromatic nitrogens is 3. The van der Waals surface area contributed by atoms with Gasteiger partial charge < -0.3 is 9.80 Å². The first-order valence-electron chi connectivity index (χ1n) is 9.85. The van der Waals surface area contributed by atoms with E-state index in [-0.39, 0.29) is 11.8 Å². The first kappa shape index (κ1) is 19.6. The predicted octanol–water partition coefficient (Wildman–Crippen LogP) is 3.86. The molecule has 0 aliphatic carbocycles. The van der Waals surface area contributed by atoms with Crippen LogP contribution in [0, 0.1) is 12.8 Å². The van der Waals surface area contributed by atoms with Crippen LogP contribution in [0.2, 0.25) is 5.02 Å². The third-order valence-corrected chi connectivity index (χ3v) is 5.70. The second kappa shape index (κ2) is 8.33. The summed E-state index contributed by atoms with van der Waals surface area (Å²) in [5.41, 5.74) is 1.86. The molecule has 1 saturated heterocycles. The summed E-state index contributed by atoms with van der Waals surface area (Å²) in [7, 11) is 1.84. The van der Waals surface area contributed by atoms with Crippen LogP contribution in [0.3, 0.4) is 0 Å². The molecule has 0 saturated carbocycles. The van der Waals surface area contributed by atoms with Gasteiger partial charge in [0.15, 0.2) is 0 Å². The lowest BCUT2D eigenvalue weighted by atomic mass is 9.95. The Morgan fingerprint density at radius 2 is 1.93 bits per heavy atom. The van der Waals surface area contributed by atoms with Crippen LogP contribution < -0.4 is 4.90 Å². The Balaban J connectivity index is 1.38. The molecule has 29 heavy (non-hydrogen) atoms. The first-order valence-corrected chi connectivity index (χ1v) is 10.2. The number of hydrogen-bond acceptors (Lipinski definition) is 5. The van der Waals surface area contributed by atoms with Gasteiger partial charge in [-0.05, 0) is 38.0 Å². The van der Waals surface area contributed by atoms with Gasteiger partial charge in [-0.25, -0.2) is 15.0 Å². The fraction of sp³-hybridized carbons (Fsp3) is 0.364. The van der Waals surface area contributed by atoms with E-state index in [9.17, 15) is 4.79 Å². The van der Waals surface area contributed by atoms with Gasteiger partial charge in [-0.1, -0.05) is 29.8 Å². The third-order valence-electron chi connectivity index (χ3n) is 5.47. The molecule has 4 rings (SSSR count). The average molecular weight is 410 g/mol. The highest BCUT2D eigenvalue weighted by molar-refractivity contribution is 6.30. The molecule has 2 aromatic heterocycles. The van der Waals surface area contributed by atoms with Crippen molar-refractivity contribution in [1.82, 2.24) is 19.9 Å². The number of carbonyl (C=O) groups is 1. The number of rotatable bonds is 4. The average Bonchev–Trinajstić information content (AvgIpc) is 2.74. The van der Waals surface area contributed by atoms with Gasteiger partial charge in [0, 0.05) is 43.3 Å². The Labute approximate surface area is 175 Å². The Hall–Kier alpha value is -2.73. The maximum absolute atomic E-state index is 13.0. The number of para-hydroxylation sites is 1. The van der Waals surface area contributed by atoms with E-state index in [1.807, 2.05) is 50.4 Å². The molecule has 150 valence electrons. The van der Waals surface area contributed by atoms with Crippen molar-refractivity contribution in [1.29, 1.82) is 0 Å².